The first-order chi connectivity index (χ1) is 7.93. The number of halogens is 1. The van der Waals surface area contributed by atoms with Crippen LogP contribution in [-0.4, -0.2) is 17.0 Å². The molecule has 0 aromatic heterocycles. The number of nitrogens with one attached hydrogen (secondary N) is 1. The van der Waals surface area contributed by atoms with Crippen molar-refractivity contribution in [2.75, 3.05) is 0 Å². The molecule has 92 valence electrons. The number of carbonyl (C=O) groups excluding carboxylic acids is 1. The summed E-state index contributed by atoms with van der Waals surface area (Å²) in [7, 11) is 0. The maximum Gasteiger partial charge on any atom is 0.330 e. The number of hydrogen-bond acceptors (Lipinski definition) is 2. The molecule has 0 bridgehead atoms. The summed E-state index contributed by atoms with van der Waals surface area (Å²) in [5, 5.41) is 11.9. The molecule has 0 aliphatic rings. The number of carboxylic acids is 1. The normalized spacial score (nSPS) is 12.2. The van der Waals surface area contributed by atoms with Crippen LogP contribution in [0.4, 0.5) is 0 Å². The highest BCUT2D eigenvalue weighted by atomic mass is 35.5. The van der Waals surface area contributed by atoms with Crippen LogP contribution in [0.5, 0.6) is 0 Å². The minimum atomic E-state index is -1.13. The highest BCUT2D eigenvalue weighted by Crippen LogP contribution is 2.23. The summed E-state index contributed by atoms with van der Waals surface area (Å²) in [5.41, 5.74) is 0.385. The molecule has 2 N–H and O–H groups in total. The molecular weight excluding hydrogens is 242 g/mol. The fourth-order valence-electron chi connectivity index (χ4n) is 1.29. The first-order valence-electron chi connectivity index (χ1n) is 5.21. The molecule has 0 unspecified atom stereocenters. The molecular formula is C12H14ClNO3. The monoisotopic (exact) mass is 255 g/mol. The SMILES string of the molecule is CC(C)C(=O)N[C@@H](C(=O)O)c1ccccc1Cl. The zero-order valence-corrected chi connectivity index (χ0v) is 10.4. The van der Waals surface area contributed by atoms with Crippen molar-refractivity contribution in [2.45, 2.75) is 19.9 Å². The second-order valence-corrected chi connectivity index (χ2v) is 4.36. The fraction of sp³-hybridized carbons (Fsp3) is 0.333. The number of benzene rings is 1. The minimum absolute atomic E-state index is 0.278. The summed E-state index contributed by atoms with van der Waals surface area (Å²) in [5.74, 6) is -1.73. The average Bonchev–Trinajstić information content (AvgIpc) is 2.26. The fourth-order valence-corrected chi connectivity index (χ4v) is 1.54. The molecule has 1 rings (SSSR count). The van der Waals surface area contributed by atoms with E-state index in [-0.39, 0.29) is 11.8 Å². The van der Waals surface area contributed by atoms with Crippen LogP contribution in [0.2, 0.25) is 5.02 Å². The van der Waals surface area contributed by atoms with E-state index in [1.165, 1.54) is 0 Å². The molecule has 0 heterocycles. The second-order valence-electron chi connectivity index (χ2n) is 3.96. The van der Waals surface area contributed by atoms with Gasteiger partial charge in [0.15, 0.2) is 6.04 Å². The Hall–Kier alpha value is -1.55. The Morgan fingerprint density at radius 3 is 2.35 bits per heavy atom. The van der Waals surface area contributed by atoms with Crippen LogP contribution in [-0.2, 0) is 9.59 Å². The van der Waals surface area contributed by atoms with Gasteiger partial charge in [-0.2, -0.15) is 0 Å². The molecule has 1 atom stereocenters. The Bertz CT molecular complexity index is 432. The zero-order valence-electron chi connectivity index (χ0n) is 9.61. The largest absolute Gasteiger partial charge is 0.479 e. The van der Waals surface area contributed by atoms with Crippen molar-refractivity contribution in [1.29, 1.82) is 0 Å². The number of rotatable bonds is 4. The molecule has 0 saturated heterocycles. The van der Waals surface area contributed by atoms with Gasteiger partial charge in [0, 0.05) is 16.5 Å². The van der Waals surface area contributed by atoms with Gasteiger partial charge in [-0.25, -0.2) is 4.79 Å². The number of carbonyl (C=O) groups is 2. The molecule has 1 amide bonds. The van der Waals surface area contributed by atoms with Gasteiger partial charge in [-0.15, -0.1) is 0 Å². The van der Waals surface area contributed by atoms with E-state index in [2.05, 4.69) is 5.32 Å². The van der Waals surface area contributed by atoms with E-state index in [0.717, 1.165) is 0 Å². The Morgan fingerprint density at radius 1 is 1.29 bits per heavy atom. The van der Waals surface area contributed by atoms with Crippen molar-refractivity contribution >= 4 is 23.5 Å². The first kappa shape index (κ1) is 13.5. The Morgan fingerprint density at radius 2 is 1.88 bits per heavy atom. The molecule has 17 heavy (non-hydrogen) atoms. The van der Waals surface area contributed by atoms with E-state index < -0.39 is 12.0 Å². The van der Waals surface area contributed by atoms with Crippen LogP contribution in [0.1, 0.15) is 25.5 Å². The first-order valence-corrected chi connectivity index (χ1v) is 5.59. The molecule has 0 aliphatic carbocycles. The van der Waals surface area contributed by atoms with Crippen molar-refractivity contribution in [2.24, 2.45) is 5.92 Å². The summed E-state index contributed by atoms with van der Waals surface area (Å²) in [6.07, 6.45) is 0. The molecule has 1 aromatic rings. The van der Waals surface area contributed by atoms with Gasteiger partial charge in [0.25, 0.3) is 0 Å². The quantitative estimate of drug-likeness (QED) is 0.867. The standard InChI is InChI=1S/C12H14ClNO3/c1-7(2)11(15)14-10(12(16)17)8-5-3-4-6-9(8)13/h3-7,10H,1-2H3,(H,14,15)(H,16,17)/t10-/m1/s1. The number of carboxylic acid groups (broad SMARTS) is 1. The van der Waals surface area contributed by atoms with Gasteiger partial charge >= 0.3 is 5.97 Å². The van der Waals surface area contributed by atoms with Crippen molar-refractivity contribution in [3.8, 4) is 0 Å². The lowest BCUT2D eigenvalue weighted by atomic mass is 10.1. The van der Waals surface area contributed by atoms with Gasteiger partial charge in [-0.05, 0) is 6.07 Å². The summed E-state index contributed by atoms with van der Waals surface area (Å²) < 4.78 is 0. The van der Waals surface area contributed by atoms with E-state index in [1.54, 1.807) is 38.1 Å². The molecule has 0 aliphatic heterocycles. The zero-order chi connectivity index (χ0) is 13.0. The maximum absolute atomic E-state index is 11.5. The van der Waals surface area contributed by atoms with E-state index in [9.17, 15) is 9.59 Å². The third kappa shape index (κ3) is 3.46. The van der Waals surface area contributed by atoms with Crippen LogP contribution in [0.15, 0.2) is 24.3 Å². The summed E-state index contributed by atoms with van der Waals surface area (Å²) in [6, 6.07) is 5.45. The molecule has 1 aromatic carbocycles. The van der Waals surface area contributed by atoms with E-state index in [0.29, 0.717) is 10.6 Å². The van der Waals surface area contributed by atoms with Crippen LogP contribution >= 0.6 is 11.6 Å². The van der Waals surface area contributed by atoms with Crippen molar-refractivity contribution in [1.82, 2.24) is 5.32 Å². The van der Waals surface area contributed by atoms with Crippen LogP contribution in [0, 0.1) is 5.92 Å². The maximum atomic E-state index is 11.5. The number of amides is 1. The predicted octanol–water partition coefficient (Wildman–Crippen LogP) is 2.24. The second kappa shape index (κ2) is 5.68. The van der Waals surface area contributed by atoms with Gasteiger partial charge < -0.3 is 10.4 Å². The van der Waals surface area contributed by atoms with Crippen LogP contribution in [0.25, 0.3) is 0 Å². The van der Waals surface area contributed by atoms with Gasteiger partial charge in [0.2, 0.25) is 5.91 Å². The van der Waals surface area contributed by atoms with E-state index in [4.69, 9.17) is 16.7 Å². The summed E-state index contributed by atoms with van der Waals surface area (Å²) in [6.45, 7) is 3.39. The molecule has 4 nitrogen and oxygen atoms in total. The van der Waals surface area contributed by atoms with E-state index in [1.807, 2.05) is 0 Å². The predicted molar refractivity (Wildman–Crippen MR) is 64.8 cm³/mol. The Kier molecular flexibility index (Phi) is 4.52. The lowest BCUT2D eigenvalue weighted by Gasteiger charge is -2.17. The summed E-state index contributed by atoms with van der Waals surface area (Å²) in [4.78, 5) is 22.7. The molecule has 5 heteroatoms. The lowest BCUT2D eigenvalue weighted by Crippen LogP contribution is -2.36. The van der Waals surface area contributed by atoms with Gasteiger partial charge in [-0.1, -0.05) is 43.6 Å². The Labute approximate surface area is 105 Å². The van der Waals surface area contributed by atoms with Gasteiger partial charge in [0.05, 0.1) is 0 Å². The highest BCUT2D eigenvalue weighted by Gasteiger charge is 2.24. The molecule has 0 radical (unpaired) electrons. The smallest absolute Gasteiger partial charge is 0.330 e. The van der Waals surface area contributed by atoms with E-state index >= 15 is 0 Å². The minimum Gasteiger partial charge on any atom is -0.479 e. The number of hydrogen-bond donors (Lipinski definition) is 2. The topological polar surface area (TPSA) is 66.4 Å². The molecule has 0 spiro atoms. The van der Waals surface area contributed by atoms with Crippen molar-refractivity contribution in [3.05, 3.63) is 34.9 Å². The van der Waals surface area contributed by atoms with Gasteiger partial charge in [0.1, 0.15) is 0 Å². The van der Waals surface area contributed by atoms with Crippen LogP contribution in [0.3, 0.4) is 0 Å². The molecule has 0 saturated carbocycles. The third-order valence-corrected chi connectivity index (χ3v) is 2.62. The highest BCUT2D eigenvalue weighted by molar-refractivity contribution is 6.31. The average molecular weight is 256 g/mol. The number of aliphatic carboxylic acids is 1. The van der Waals surface area contributed by atoms with Crippen molar-refractivity contribution < 1.29 is 14.7 Å². The summed E-state index contributed by atoms with van der Waals surface area (Å²) >= 11 is 5.91. The lowest BCUT2D eigenvalue weighted by molar-refractivity contribution is -0.142. The molecule has 0 fully saturated rings. The van der Waals surface area contributed by atoms with Gasteiger partial charge in [-0.3, -0.25) is 4.79 Å². The third-order valence-electron chi connectivity index (χ3n) is 2.27. The van der Waals surface area contributed by atoms with Crippen LogP contribution < -0.4 is 5.32 Å². The Balaban J connectivity index is 2.99. The van der Waals surface area contributed by atoms with Crippen molar-refractivity contribution in [3.63, 3.8) is 0 Å².